The highest BCUT2D eigenvalue weighted by molar-refractivity contribution is 6.33. The van der Waals surface area contributed by atoms with Gasteiger partial charge in [0, 0.05) is 17.5 Å². The van der Waals surface area contributed by atoms with Crippen LogP contribution in [0.25, 0.3) is 11.1 Å². The lowest BCUT2D eigenvalue weighted by molar-refractivity contribution is 0.00529. The molecule has 9 nitrogen and oxygen atoms in total. The number of nitrogens with one attached hydrogen (secondary N) is 1. The van der Waals surface area contributed by atoms with Gasteiger partial charge in [0.05, 0.1) is 36.2 Å². The molecule has 1 aliphatic carbocycles. The molecule has 3 aromatic rings. The zero-order chi connectivity index (χ0) is 28.7. The normalized spacial score (nSPS) is 25.3. The van der Waals surface area contributed by atoms with Crippen molar-refractivity contribution < 1.29 is 23.7 Å². The third-order valence-corrected chi connectivity index (χ3v) is 8.08. The predicted octanol–water partition coefficient (Wildman–Crippen LogP) is 5.42. The van der Waals surface area contributed by atoms with Gasteiger partial charge < -0.3 is 24.6 Å². The van der Waals surface area contributed by atoms with E-state index in [1.807, 2.05) is 32.9 Å². The molecule has 2 aromatic heterocycles. The van der Waals surface area contributed by atoms with Crippen LogP contribution in [0, 0.1) is 19.7 Å². The molecule has 2 saturated heterocycles. The number of rotatable bonds is 7. The van der Waals surface area contributed by atoms with Gasteiger partial charge in [-0.25, -0.2) is 9.37 Å². The van der Waals surface area contributed by atoms with Crippen molar-refractivity contribution in [3.63, 3.8) is 0 Å². The Morgan fingerprint density at radius 2 is 2.00 bits per heavy atom. The first-order valence-electron chi connectivity index (χ1n) is 14.0. The number of anilines is 1. The van der Waals surface area contributed by atoms with Gasteiger partial charge in [-0.05, 0) is 68.0 Å². The molecule has 0 amide bonds. The van der Waals surface area contributed by atoms with E-state index in [2.05, 4.69) is 15.5 Å². The molecule has 1 unspecified atom stereocenters. The van der Waals surface area contributed by atoms with Gasteiger partial charge in [-0.2, -0.15) is 15.2 Å². The van der Waals surface area contributed by atoms with Crippen molar-refractivity contribution in [2.24, 2.45) is 4.99 Å². The van der Waals surface area contributed by atoms with Crippen LogP contribution in [0.1, 0.15) is 54.6 Å². The molecule has 2 fully saturated rings. The lowest BCUT2D eigenvalue weighted by Crippen LogP contribution is -2.34. The molecule has 11 heteroatoms. The number of aliphatic hydroxyl groups excluding tert-OH is 1. The Kier molecular flexibility index (Phi) is 7.91. The number of pyridine rings is 1. The van der Waals surface area contributed by atoms with Crippen LogP contribution in [-0.4, -0.2) is 63.8 Å². The van der Waals surface area contributed by atoms with Crippen LogP contribution in [0.4, 0.5) is 16.0 Å². The first-order chi connectivity index (χ1) is 19.8. The summed E-state index contributed by atoms with van der Waals surface area (Å²) in [4.78, 5) is 9.50. The summed E-state index contributed by atoms with van der Waals surface area (Å²) in [5, 5.41) is 21.9. The first-order valence-corrected chi connectivity index (χ1v) is 14.4. The Morgan fingerprint density at radius 3 is 2.80 bits per heavy atom. The first kappa shape index (κ1) is 28.0. The Morgan fingerprint density at radius 1 is 1.17 bits per heavy atom. The Bertz CT molecular complexity index is 1490. The van der Waals surface area contributed by atoms with Crippen LogP contribution < -0.4 is 5.32 Å². The van der Waals surface area contributed by atoms with Gasteiger partial charge in [0.25, 0.3) is 0 Å². The van der Waals surface area contributed by atoms with Gasteiger partial charge in [-0.1, -0.05) is 24.6 Å². The number of aryl methyl sites for hydroxylation is 3. The van der Waals surface area contributed by atoms with E-state index >= 15 is 4.39 Å². The van der Waals surface area contributed by atoms with Crippen LogP contribution in [0.3, 0.4) is 0 Å². The Balaban J connectivity index is 1.24. The van der Waals surface area contributed by atoms with E-state index in [1.165, 1.54) is 0 Å². The van der Waals surface area contributed by atoms with Gasteiger partial charge in [0.2, 0.25) is 0 Å². The molecule has 4 heterocycles. The molecular formula is C30H33ClFN5O4. The summed E-state index contributed by atoms with van der Waals surface area (Å²) in [6, 6.07) is 6.99. The van der Waals surface area contributed by atoms with E-state index in [9.17, 15) is 5.11 Å². The molecule has 2 N–H and O–H groups in total. The quantitative estimate of drug-likeness (QED) is 0.281. The number of benzene rings is 1. The summed E-state index contributed by atoms with van der Waals surface area (Å²) in [7, 11) is 0. The number of fused-ring (bicyclic) bond motifs is 2. The number of aliphatic hydroxyl groups is 1. The third-order valence-electron chi connectivity index (χ3n) is 7.79. The summed E-state index contributed by atoms with van der Waals surface area (Å²) < 4.78 is 33.1. The highest BCUT2D eigenvalue weighted by Crippen LogP contribution is 2.40. The molecule has 0 saturated carbocycles. The second kappa shape index (κ2) is 11.6. The number of hydrogen-bond acceptors (Lipinski definition) is 9. The number of aromatic nitrogens is 3. The highest BCUT2D eigenvalue weighted by Gasteiger charge is 2.48. The summed E-state index contributed by atoms with van der Waals surface area (Å²) >= 11 is 6.61. The lowest BCUT2D eigenvalue weighted by atomic mass is 10.00. The van der Waals surface area contributed by atoms with Crippen molar-refractivity contribution in [2.75, 3.05) is 18.5 Å². The molecule has 3 aliphatic rings. The molecule has 0 radical (unpaired) electrons. The Hall–Kier alpha value is -3.18. The second-order valence-corrected chi connectivity index (χ2v) is 11.3. The van der Waals surface area contributed by atoms with Crippen LogP contribution in [0.5, 0.6) is 0 Å². The minimum absolute atomic E-state index is 0.231. The van der Waals surface area contributed by atoms with Crippen molar-refractivity contribution in [1.29, 1.82) is 0 Å². The van der Waals surface area contributed by atoms with Gasteiger partial charge in [0.15, 0.2) is 17.8 Å². The minimum atomic E-state index is -0.650. The van der Waals surface area contributed by atoms with E-state index in [-0.39, 0.29) is 36.8 Å². The SMILES string of the molecule is CCCC(=Nc1nc(N[C@H]2CCc3cc(-c4cnnc(C)c4)cc(F)c32)c(Cl)cc1C)O[C@@H]1CO[C@@H]2C(O)CO[C@@H]21. The molecule has 0 bridgehead atoms. The molecule has 0 spiro atoms. The van der Waals surface area contributed by atoms with Crippen LogP contribution in [0.15, 0.2) is 35.5 Å². The van der Waals surface area contributed by atoms with Crippen molar-refractivity contribution >= 4 is 29.1 Å². The average Bonchev–Trinajstić information content (AvgIpc) is 3.64. The zero-order valence-electron chi connectivity index (χ0n) is 23.2. The number of hydrogen-bond donors (Lipinski definition) is 2. The van der Waals surface area contributed by atoms with E-state index in [4.69, 9.17) is 35.8 Å². The third kappa shape index (κ3) is 5.66. The second-order valence-electron chi connectivity index (χ2n) is 10.9. The molecular weight excluding hydrogens is 549 g/mol. The van der Waals surface area contributed by atoms with Gasteiger partial charge in [0.1, 0.15) is 29.9 Å². The van der Waals surface area contributed by atoms with E-state index < -0.39 is 6.10 Å². The fourth-order valence-electron chi connectivity index (χ4n) is 5.80. The van der Waals surface area contributed by atoms with Gasteiger partial charge in [-0.15, -0.1) is 0 Å². The standard InChI is InChI=1S/C30H33ClFN5O4/c1-4-5-25(41-24-14-40-27-23(38)13-39-28(24)27)35-29-15(2)8-20(31)30(36-29)34-22-7-6-17-10-18(11-21(32)26(17)22)19-9-16(3)37-33-12-19/h8-12,22-24,27-28,38H,4-7,13-14H2,1-3H3,(H,34,36)/t22-,23?,24+,27+,28+/m0/s1. The number of halogens is 2. The highest BCUT2D eigenvalue weighted by atomic mass is 35.5. The molecule has 1 aromatic carbocycles. The smallest absolute Gasteiger partial charge is 0.190 e. The predicted molar refractivity (Wildman–Crippen MR) is 153 cm³/mol. The molecule has 6 rings (SSSR count). The molecule has 41 heavy (non-hydrogen) atoms. The fraction of sp³-hybridized carbons (Fsp3) is 0.467. The maximum atomic E-state index is 15.5. The van der Waals surface area contributed by atoms with Crippen molar-refractivity contribution in [1.82, 2.24) is 15.2 Å². The van der Waals surface area contributed by atoms with E-state index in [1.54, 1.807) is 18.3 Å². The summed E-state index contributed by atoms with van der Waals surface area (Å²) in [6.45, 7) is 6.34. The maximum Gasteiger partial charge on any atom is 0.190 e. The van der Waals surface area contributed by atoms with E-state index in [0.29, 0.717) is 47.6 Å². The molecule has 5 atom stereocenters. The Labute approximate surface area is 243 Å². The van der Waals surface area contributed by atoms with E-state index in [0.717, 1.165) is 40.8 Å². The average molecular weight is 582 g/mol. The van der Waals surface area contributed by atoms with Gasteiger partial charge in [-0.3, -0.25) is 0 Å². The number of nitrogens with zero attached hydrogens (tertiary/aromatic N) is 4. The van der Waals surface area contributed by atoms with Crippen LogP contribution in [-0.2, 0) is 20.6 Å². The number of aliphatic imine (C=N–C) groups is 1. The minimum Gasteiger partial charge on any atom is -0.472 e. The molecule has 2 aliphatic heterocycles. The maximum absolute atomic E-state index is 15.5. The van der Waals surface area contributed by atoms with Crippen molar-refractivity contribution in [3.05, 3.63) is 63.7 Å². The number of ether oxygens (including phenoxy) is 3. The van der Waals surface area contributed by atoms with Gasteiger partial charge >= 0.3 is 0 Å². The molecule has 216 valence electrons. The monoisotopic (exact) mass is 581 g/mol. The summed E-state index contributed by atoms with van der Waals surface area (Å²) in [5.74, 6) is 1.14. The van der Waals surface area contributed by atoms with Crippen molar-refractivity contribution in [3.8, 4) is 11.1 Å². The lowest BCUT2D eigenvalue weighted by Gasteiger charge is -2.20. The summed E-state index contributed by atoms with van der Waals surface area (Å²) in [6.07, 6.45) is 2.76. The van der Waals surface area contributed by atoms with Crippen LogP contribution >= 0.6 is 11.6 Å². The van der Waals surface area contributed by atoms with Crippen molar-refractivity contribution in [2.45, 2.75) is 76.9 Å². The van der Waals surface area contributed by atoms with Crippen LogP contribution in [0.2, 0.25) is 5.02 Å². The topological polar surface area (TPSA) is 111 Å². The fourth-order valence-corrected chi connectivity index (χ4v) is 6.06. The largest absolute Gasteiger partial charge is 0.472 e. The summed E-state index contributed by atoms with van der Waals surface area (Å²) in [5.41, 5.74) is 4.75. The zero-order valence-corrected chi connectivity index (χ0v) is 24.0.